The van der Waals surface area contributed by atoms with E-state index in [1.54, 1.807) is 0 Å². The molecule has 1 aromatic rings. The predicted molar refractivity (Wildman–Crippen MR) is 59.2 cm³/mol. The maximum absolute atomic E-state index is 12.9. The van der Waals surface area contributed by atoms with Gasteiger partial charge in [0.2, 0.25) is 0 Å². The Balaban J connectivity index is 2.48. The third-order valence-electron chi connectivity index (χ3n) is 2.13. The summed E-state index contributed by atoms with van der Waals surface area (Å²) in [6.45, 7) is 3.06. The molecule has 0 unspecified atom stereocenters. The molecule has 0 radical (unpaired) electrons. The van der Waals surface area contributed by atoms with E-state index >= 15 is 0 Å². The molecular weight excluding hydrogens is 212 g/mol. The zero-order chi connectivity index (χ0) is 12.0. The first-order valence-electron chi connectivity index (χ1n) is 5.14. The van der Waals surface area contributed by atoms with Crippen LogP contribution in [-0.2, 0) is 6.54 Å². The van der Waals surface area contributed by atoms with Gasteiger partial charge in [-0.3, -0.25) is 0 Å². The Hall–Kier alpha value is -1.42. The van der Waals surface area contributed by atoms with E-state index in [0.717, 1.165) is 25.1 Å². The highest BCUT2D eigenvalue weighted by Gasteiger charge is 2.08. The molecule has 0 aromatic heterocycles. The maximum atomic E-state index is 12.9. The van der Waals surface area contributed by atoms with E-state index in [9.17, 15) is 8.78 Å². The predicted octanol–water partition coefficient (Wildman–Crippen LogP) is 2.73. The third-order valence-corrected chi connectivity index (χ3v) is 2.13. The summed E-state index contributed by atoms with van der Waals surface area (Å²) < 4.78 is 25.9. The van der Waals surface area contributed by atoms with Gasteiger partial charge in [-0.1, -0.05) is 12.2 Å². The molecular formula is C12H15F2NO. The van der Waals surface area contributed by atoms with Gasteiger partial charge in [-0.2, -0.15) is 0 Å². The Morgan fingerprint density at radius 2 is 1.94 bits per heavy atom. The monoisotopic (exact) mass is 227 g/mol. The smallest absolute Gasteiger partial charge is 0.187 e. The van der Waals surface area contributed by atoms with Crippen molar-refractivity contribution < 1.29 is 13.9 Å². The fourth-order valence-electron chi connectivity index (χ4n) is 1.30. The van der Waals surface area contributed by atoms with Gasteiger partial charge in [0.15, 0.2) is 17.4 Å². The second kappa shape index (κ2) is 6.23. The lowest BCUT2D eigenvalue weighted by Crippen LogP contribution is -2.14. The van der Waals surface area contributed by atoms with Crippen molar-refractivity contribution in [2.75, 3.05) is 6.54 Å². The number of halogens is 2. The maximum Gasteiger partial charge on any atom is 0.187 e. The summed E-state index contributed by atoms with van der Waals surface area (Å²) in [7, 11) is 0. The zero-order valence-corrected chi connectivity index (χ0v) is 9.13. The molecule has 0 amide bonds. The van der Waals surface area contributed by atoms with Crippen LogP contribution in [0.3, 0.4) is 0 Å². The van der Waals surface area contributed by atoms with Crippen LogP contribution >= 0.6 is 0 Å². The molecule has 4 heteroatoms. The third kappa shape index (κ3) is 3.62. The Morgan fingerprint density at radius 1 is 1.31 bits per heavy atom. The number of phenols is 1. The fourth-order valence-corrected chi connectivity index (χ4v) is 1.30. The molecule has 2 nitrogen and oxygen atoms in total. The summed E-state index contributed by atoms with van der Waals surface area (Å²) in [4.78, 5) is 0. The van der Waals surface area contributed by atoms with Crippen LogP contribution in [0.2, 0.25) is 0 Å². The summed E-state index contributed by atoms with van der Waals surface area (Å²) >= 11 is 0. The van der Waals surface area contributed by atoms with Crippen LogP contribution in [0.1, 0.15) is 18.9 Å². The summed E-state index contributed by atoms with van der Waals surface area (Å²) in [5, 5.41) is 11.9. The average Bonchev–Trinajstić information content (AvgIpc) is 2.25. The molecule has 0 saturated carbocycles. The van der Waals surface area contributed by atoms with Gasteiger partial charge in [0.1, 0.15) is 0 Å². The molecule has 1 rings (SSSR count). The highest BCUT2D eigenvalue weighted by atomic mass is 19.1. The average molecular weight is 227 g/mol. The van der Waals surface area contributed by atoms with E-state index in [4.69, 9.17) is 5.11 Å². The number of phenolic OH excluding ortho intramolecular Hbond substituents is 1. The van der Waals surface area contributed by atoms with Gasteiger partial charge in [-0.15, -0.1) is 0 Å². The van der Waals surface area contributed by atoms with Crippen molar-refractivity contribution >= 4 is 0 Å². The molecule has 0 atom stereocenters. The van der Waals surface area contributed by atoms with E-state index < -0.39 is 17.4 Å². The van der Waals surface area contributed by atoms with E-state index in [1.165, 1.54) is 0 Å². The summed E-state index contributed by atoms with van der Waals surface area (Å²) in [6, 6.07) is 2.25. The van der Waals surface area contributed by atoms with Crippen molar-refractivity contribution in [3.05, 3.63) is 41.5 Å². The zero-order valence-electron chi connectivity index (χ0n) is 9.13. The van der Waals surface area contributed by atoms with Gasteiger partial charge < -0.3 is 10.4 Å². The van der Waals surface area contributed by atoms with E-state index in [1.807, 2.05) is 19.1 Å². The first-order valence-corrected chi connectivity index (χ1v) is 5.14. The Kier molecular flexibility index (Phi) is 4.92. The molecule has 1 aromatic carbocycles. The first kappa shape index (κ1) is 12.6. The standard InChI is InChI=1S/C12H15F2NO/c1-2-3-4-5-15-8-9-6-10(13)12(16)11(14)7-9/h2-3,6-7,15-16H,4-5,8H2,1H3/b3-2+. The van der Waals surface area contributed by atoms with Crippen molar-refractivity contribution in [2.24, 2.45) is 0 Å². The molecule has 0 aliphatic heterocycles. The minimum absolute atomic E-state index is 0.381. The van der Waals surface area contributed by atoms with Crippen LogP contribution in [0.5, 0.6) is 5.75 Å². The molecule has 0 aliphatic rings. The molecule has 0 saturated heterocycles. The molecule has 0 fully saturated rings. The van der Waals surface area contributed by atoms with Gasteiger partial charge in [0.25, 0.3) is 0 Å². The Morgan fingerprint density at radius 3 is 2.50 bits per heavy atom. The van der Waals surface area contributed by atoms with E-state index in [-0.39, 0.29) is 0 Å². The van der Waals surface area contributed by atoms with Crippen LogP contribution in [0.15, 0.2) is 24.3 Å². The van der Waals surface area contributed by atoms with Crippen LogP contribution in [0, 0.1) is 11.6 Å². The molecule has 0 spiro atoms. The summed E-state index contributed by atoms with van der Waals surface area (Å²) in [5.41, 5.74) is 0.480. The number of hydrogen-bond acceptors (Lipinski definition) is 2. The van der Waals surface area contributed by atoms with Crippen molar-refractivity contribution in [3.63, 3.8) is 0 Å². The summed E-state index contributed by atoms with van der Waals surface area (Å²) in [5.74, 6) is -2.77. The Bertz CT molecular complexity index is 354. The highest BCUT2D eigenvalue weighted by Crippen LogP contribution is 2.21. The van der Waals surface area contributed by atoms with Gasteiger partial charge in [0, 0.05) is 6.54 Å². The second-order valence-electron chi connectivity index (χ2n) is 3.44. The number of nitrogens with one attached hydrogen (secondary N) is 1. The van der Waals surface area contributed by atoms with Gasteiger partial charge in [-0.25, -0.2) is 8.78 Å². The molecule has 0 bridgehead atoms. The topological polar surface area (TPSA) is 32.3 Å². The second-order valence-corrected chi connectivity index (χ2v) is 3.44. The molecule has 2 N–H and O–H groups in total. The summed E-state index contributed by atoms with van der Waals surface area (Å²) in [6.07, 6.45) is 4.83. The minimum atomic E-state index is -0.926. The lowest BCUT2D eigenvalue weighted by atomic mass is 10.2. The number of aromatic hydroxyl groups is 1. The SMILES string of the molecule is C/C=C/CCNCc1cc(F)c(O)c(F)c1. The minimum Gasteiger partial charge on any atom is -0.503 e. The van der Waals surface area contributed by atoms with Gasteiger partial charge in [-0.05, 0) is 37.6 Å². The molecule has 16 heavy (non-hydrogen) atoms. The van der Waals surface area contributed by atoms with Crippen LogP contribution < -0.4 is 5.32 Å². The van der Waals surface area contributed by atoms with Gasteiger partial charge >= 0.3 is 0 Å². The Labute approximate surface area is 93.6 Å². The quantitative estimate of drug-likeness (QED) is 0.598. The lowest BCUT2D eigenvalue weighted by Gasteiger charge is -2.05. The normalized spacial score (nSPS) is 11.2. The van der Waals surface area contributed by atoms with Crippen LogP contribution in [-0.4, -0.2) is 11.7 Å². The molecule has 0 aliphatic carbocycles. The number of rotatable bonds is 5. The van der Waals surface area contributed by atoms with Crippen molar-refractivity contribution in [1.29, 1.82) is 0 Å². The lowest BCUT2D eigenvalue weighted by molar-refractivity contribution is 0.395. The van der Waals surface area contributed by atoms with Gasteiger partial charge in [0.05, 0.1) is 0 Å². The van der Waals surface area contributed by atoms with Crippen LogP contribution in [0.4, 0.5) is 8.78 Å². The largest absolute Gasteiger partial charge is 0.503 e. The van der Waals surface area contributed by atoms with Crippen LogP contribution in [0.25, 0.3) is 0 Å². The van der Waals surface area contributed by atoms with Crippen molar-refractivity contribution in [1.82, 2.24) is 5.32 Å². The molecule has 88 valence electrons. The first-order chi connectivity index (χ1) is 7.65. The highest BCUT2D eigenvalue weighted by molar-refractivity contribution is 5.29. The number of hydrogen-bond donors (Lipinski definition) is 2. The molecule has 0 heterocycles. The van der Waals surface area contributed by atoms with E-state index in [2.05, 4.69) is 5.32 Å². The number of allylic oxidation sites excluding steroid dienone is 1. The van der Waals surface area contributed by atoms with Crippen molar-refractivity contribution in [2.45, 2.75) is 19.9 Å². The number of benzene rings is 1. The fraction of sp³-hybridized carbons (Fsp3) is 0.333. The van der Waals surface area contributed by atoms with Crippen molar-refractivity contribution in [3.8, 4) is 5.75 Å². The van der Waals surface area contributed by atoms with E-state index in [0.29, 0.717) is 12.1 Å².